The number of sulfone groups is 1. The summed E-state index contributed by atoms with van der Waals surface area (Å²) < 4.78 is 25.2. The van der Waals surface area contributed by atoms with Gasteiger partial charge in [0.15, 0.2) is 9.84 Å². The Morgan fingerprint density at radius 2 is 1.81 bits per heavy atom. The summed E-state index contributed by atoms with van der Waals surface area (Å²) in [7, 11) is -3.42. The number of nitrogens with two attached hydrogens (primary N) is 1. The summed E-state index contributed by atoms with van der Waals surface area (Å²) >= 11 is 6.15. The van der Waals surface area contributed by atoms with Crippen molar-refractivity contribution in [1.82, 2.24) is 0 Å². The molecular weight excluding hydrogens is 306 g/mol. The standard InChI is InChI=1S/C16H18ClNO2S/c1-11-3-4-12(2)16(7-11)21(19,20)10-14-6-5-13(9-18)8-15(14)17/h3-8H,9-10,18H2,1-2H3. The third-order valence-corrected chi connectivity index (χ3v) is 5.53. The molecule has 0 fully saturated rings. The van der Waals surface area contributed by atoms with E-state index < -0.39 is 9.84 Å². The van der Waals surface area contributed by atoms with Crippen LogP contribution in [0.25, 0.3) is 0 Å². The Bertz CT molecular complexity index is 770. The largest absolute Gasteiger partial charge is 0.326 e. The van der Waals surface area contributed by atoms with Gasteiger partial charge in [0.2, 0.25) is 0 Å². The Morgan fingerprint density at radius 3 is 2.43 bits per heavy atom. The molecule has 0 bridgehead atoms. The number of benzene rings is 2. The minimum Gasteiger partial charge on any atom is -0.326 e. The number of aryl methyl sites for hydroxylation is 2. The molecule has 5 heteroatoms. The molecule has 0 amide bonds. The van der Waals surface area contributed by atoms with E-state index in [0.717, 1.165) is 16.7 Å². The van der Waals surface area contributed by atoms with Crippen LogP contribution in [0, 0.1) is 13.8 Å². The van der Waals surface area contributed by atoms with Crippen LogP contribution in [0.15, 0.2) is 41.3 Å². The maximum atomic E-state index is 12.6. The van der Waals surface area contributed by atoms with E-state index in [9.17, 15) is 8.42 Å². The van der Waals surface area contributed by atoms with Crippen LogP contribution >= 0.6 is 11.6 Å². The van der Waals surface area contributed by atoms with E-state index in [2.05, 4.69) is 0 Å². The van der Waals surface area contributed by atoms with E-state index in [1.807, 2.05) is 19.1 Å². The van der Waals surface area contributed by atoms with Crippen molar-refractivity contribution in [2.24, 2.45) is 5.73 Å². The van der Waals surface area contributed by atoms with Crippen LogP contribution < -0.4 is 5.73 Å². The Hall–Kier alpha value is -1.36. The second-order valence-corrected chi connectivity index (χ2v) is 7.52. The molecule has 112 valence electrons. The summed E-state index contributed by atoms with van der Waals surface area (Å²) in [6, 6.07) is 10.7. The highest BCUT2D eigenvalue weighted by Crippen LogP contribution is 2.25. The molecular formula is C16H18ClNO2S. The summed E-state index contributed by atoms with van der Waals surface area (Å²) in [5, 5.41) is 0.437. The third-order valence-electron chi connectivity index (χ3n) is 3.38. The van der Waals surface area contributed by atoms with Crippen molar-refractivity contribution < 1.29 is 8.42 Å². The zero-order valence-corrected chi connectivity index (χ0v) is 13.6. The maximum Gasteiger partial charge on any atom is 0.182 e. The van der Waals surface area contributed by atoms with Crippen LogP contribution in [-0.4, -0.2) is 8.42 Å². The normalized spacial score (nSPS) is 11.6. The molecule has 3 nitrogen and oxygen atoms in total. The van der Waals surface area contributed by atoms with Crippen LogP contribution in [-0.2, 0) is 22.1 Å². The zero-order valence-electron chi connectivity index (χ0n) is 12.1. The van der Waals surface area contributed by atoms with E-state index in [1.54, 1.807) is 31.2 Å². The van der Waals surface area contributed by atoms with Crippen LogP contribution in [0.5, 0.6) is 0 Å². The van der Waals surface area contributed by atoms with E-state index in [0.29, 0.717) is 22.0 Å². The molecule has 2 rings (SSSR count). The number of rotatable bonds is 4. The predicted molar refractivity (Wildman–Crippen MR) is 86.1 cm³/mol. The van der Waals surface area contributed by atoms with Gasteiger partial charge in [-0.05, 0) is 48.2 Å². The molecule has 2 aromatic carbocycles. The lowest BCUT2D eigenvalue weighted by atomic mass is 10.1. The van der Waals surface area contributed by atoms with Crippen molar-refractivity contribution in [3.8, 4) is 0 Å². The second-order valence-electron chi connectivity index (χ2n) is 5.16. The van der Waals surface area contributed by atoms with Crippen molar-refractivity contribution in [1.29, 1.82) is 0 Å². The van der Waals surface area contributed by atoms with E-state index in [-0.39, 0.29) is 5.75 Å². The average molecular weight is 324 g/mol. The molecule has 0 saturated carbocycles. The molecule has 0 aromatic heterocycles. The minimum absolute atomic E-state index is 0.110. The van der Waals surface area contributed by atoms with E-state index >= 15 is 0 Å². The first kappa shape index (κ1) is 16.0. The topological polar surface area (TPSA) is 60.2 Å². The van der Waals surface area contributed by atoms with Crippen LogP contribution in [0.1, 0.15) is 22.3 Å². The molecule has 0 spiro atoms. The van der Waals surface area contributed by atoms with Gasteiger partial charge in [-0.25, -0.2) is 8.42 Å². The lowest BCUT2D eigenvalue weighted by Gasteiger charge is -2.10. The highest BCUT2D eigenvalue weighted by atomic mass is 35.5. The van der Waals surface area contributed by atoms with Crippen molar-refractivity contribution >= 4 is 21.4 Å². The van der Waals surface area contributed by atoms with Gasteiger partial charge in [0.05, 0.1) is 10.6 Å². The summed E-state index contributed by atoms with van der Waals surface area (Å²) in [6.45, 7) is 4.05. The predicted octanol–water partition coefficient (Wildman–Crippen LogP) is 3.39. The fourth-order valence-corrected chi connectivity index (χ4v) is 4.25. The molecule has 0 atom stereocenters. The van der Waals surface area contributed by atoms with Crippen molar-refractivity contribution in [3.63, 3.8) is 0 Å². The SMILES string of the molecule is Cc1ccc(C)c(S(=O)(=O)Cc2ccc(CN)cc2Cl)c1. The Morgan fingerprint density at radius 1 is 1.10 bits per heavy atom. The van der Waals surface area contributed by atoms with Crippen molar-refractivity contribution in [2.45, 2.75) is 31.0 Å². The van der Waals surface area contributed by atoms with Gasteiger partial charge in [0.25, 0.3) is 0 Å². The van der Waals surface area contributed by atoms with Gasteiger partial charge >= 0.3 is 0 Å². The molecule has 2 N–H and O–H groups in total. The highest BCUT2D eigenvalue weighted by Gasteiger charge is 2.19. The first-order valence-electron chi connectivity index (χ1n) is 6.61. The monoisotopic (exact) mass is 323 g/mol. The number of hydrogen-bond acceptors (Lipinski definition) is 3. The van der Waals surface area contributed by atoms with Gasteiger partial charge in [-0.3, -0.25) is 0 Å². The second kappa shape index (κ2) is 6.18. The molecule has 0 aliphatic heterocycles. The Labute approximate surface area is 130 Å². The summed E-state index contributed by atoms with van der Waals surface area (Å²) in [5.74, 6) is -0.110. The van der Waals surface area contributed by atoms with Gasteiger partial charge < -0.3 is 5.73 Å². The maximum absolute atomic E-state index is 12.6. The fourth-order valence-electron chi connectivity index (χ4n) is 2.16. The van der Waals surface area contributed by atoms with E-state index in [1.165, 1.54) is 0 Å². The lowest BCUT2D eigenvalue weighted by Crippen LogP contribution is -2.08. The summed E-state index contributed by atoms with van der Waals surface area (Å²) in [4.78, 5) is 0.362. The van der Waals surface area contributed by atoms with Gasteiger partial charge in [-0.2, -0.15) is 0 Å². The molecule has 0 unspecified atom stereocenters. The van der Waals surface area contributed by atoms with Crippen LogP contribution in [0.2, 0.25) is 5.02 Å². The lowest BCUT2D eigenvalue weighted by molar-refractivity contribution is 0.594. The third kappa shape index (κ3) is 3.64. The first-order chi connectivity index (χ1) is 9.83. The fraction of sp³-hybridized carbons (Fsp3) is 0.250. The summed E-state index contributed by atoms with van der Waals surface area (Å²) in [5.41, 5.74) is 8.69. The Kier molecular flexibility index (Phi) is 4.71. The van der Waals surface area contributed by atoms with Crippen molar-refractivity contribution in [3.05, 3.63) is 63.7 Å². The average Bonchev–Trinajstić information content (AvgIpc) is 2.43. The van der Waals surface area contributed by atoms with Gasteiger partial charge in [-0.15, -0.1) is 0 Å². The highest BCUT2D eigenvalue weighted by molar-refractivity contribution is 7.90. The number of hydrogen-bond donors (Lipinski definition) is 1. The van der Waals surface area contributed by atoms with Crippen LogP contribution in [0.3, 0.4) is 0 Å². The molecule has 21 heavy (non-hydrogen) atoms. The zero-order chi connectivity index (χ0) is 15.6. The minimum atomic E-state index is -3.42. The quantitative estimate of drug-likeness (QED) is 0.938. The molecule has 2 aromatic rings. The Balaban J connectivity index is 2.40. The first-order valence-corrected chi connectivity index (χ1v) is 8.64. The summed E-state index contributed by atoms with van der Waals surface area (Å²) in [6.07, 6.45) is 0. The molecule has 0 saturated heterocycles. The van der Waals surface area contributed by atoms with Crippen LogP contribution in [0.4, 0.5) is 0 Å². The van der Waals surface area contributed by atoms with Gasteiger partial charge in [-0.1, -0.05) is 35.9 Å². The molecule has 0 radical (unpaired) electrons. The molecule has 0 aliphatic carbocycles. The van der Waals surface area contributed by atoms with E-state index in [4.69, 9.17) is 17.3 Å². The van der Waals surface area contributed by atoms with Gasteiger partial charge in [0, 0.05) is 11.6 Å². The molecule has 0 heterocycles. The van der Waals surface area contributed by atoms with Crippen molar-refractivity contribution in [2.75, 3.05) is 0 Å². The smallest absolute Gasteiger partial charge is 0.182 e. The molecule has 0 aliphatic rings. The van der Waals surface area contributed by atoms with Gasteiger partial charge in [0.1, 0.15) is 0 Å². The number of halogens is 1.